The molecule has 0 fully saturated rings. The summed E-state index contributed by atoms with van der Waals surface area (Å²) >= 11 is 0. The molecule has 0 spiro atoms. The molecule has 4 rings (SSSR count). The number of halogens is 7. The Morgan fingerprint density at radius 1 is 0.683 bits per heavy atom. The van der Waals surface area contributed by atoms with Gasteiger partial charge in [0.2, 0.25) is 10.0 Å². The Labute approximate surface area is 231 Å². The highest BCUT2D eigenvalue weighted by atomic mass is 32.2. The molecule has 41 heavy (non-hydrogen) atoms. The summed E-state index contributed by atoms with van der Waals surface area (Å²) in [6.45, 7) is 5.04. The van der Waals surface area contributed by atoms with E-state index in [-0.39, 0.29) is 16.0 Å². The van der Waals surface area contributed by atoms with Crippen LogP contribution in [-0.2, 0) is 22.4 Å². The van der Waals surface area contributed by atoms with Crippen LogP contribution in [0.4, 0.5) is 30.7 Å². The number of nitrogens with zero attached hydrogens (tertiary/aromatic N) is 2. The van der Waals surface area contributed by atoms with Crippen molar-refractivity contribution in [3.8, 4) is 33.8 Å². The first-order valence-electron chi connectivity index (χ1n) is 11.9. The van der Waals surface area contributed by atoms with Crippen LogP contribution < -0.4 is 4.72 Å². The fourth-order valence-electron chi connectivity index (χ4n) is 3.92. The van der Waals surface area contributed by atoms with Gasteiger partial charge in [0, 0.05) is 16.7 Å². The molecule has 0 amide bonds. The van der Waals surface area contributed by atoms with Crippen LogP contribution in [0.5, 0.6) is 0 Å². The molecule has 0 unspecified atom stereocenters. The first kappa shape index (κ1) is 30.1. The van der Waals surface area contributed by atoms with E-state index in [1.807, 2.05) is 0 Å². The van der Waals surface area contributed by atoms with Gasteiger partial charge >= 0.3 is 12.4 Å². The number of sulfonamides is 1. The Balaban J connectivity index is 1.80. The average Bonchev–Trinajstić information content (AvgIpc) is 2.86. The lowest BCUT2D eigenvalue weighted by Crippen LogP contribution is -2.40. The van der Waals surface area contributed by atoms with Gasteiger partial charge in [-0.2, -0.15) is 26.3 Å². The summed E-state index contributed by atoms with van der Waals surface area (Å²) in [4.78, 5) is 7.65. The van der Waals surface area contributed by atoms with Crippen LogP contribution in [-0.4, -0.2) is 23.9 Å². The molecule has 1 heterocycles. The van der Waals surface area contributed by atoms with Crippen molar-refractivity contribution in [3.63, 3.8) is 0 Å². The molecule has 13 heteroatoms. The number of hydrogen-bond donors (Lipinski definition) is 1. The normalized spacial score (nSPS) is 12.9. The highest BCUT2D eigenvalue weighted by Crippen LogP contribution is 2.36. The summed E-state index contributed by atoms with van der Waals surface area (Å²) in [6, 6.07) is 14.1. The Morgan fingerprint density at radius 2 is 1.29 bits per heavy atom. The Bertz CT molecular complexity index is 1710. The highest BCUT2D eigenvalue weighted by molar-refractivity contribution is 7.89. The third kappa shape index (κ3) is 7.09. The highest BCUT2D eigenvalue weighted by Gasteiger charge is 2.36. The van der Waals surface area contributed by atoms with Gasteiger partial charge in [0.15, 0.2) is 5.82 Å². The number of benzene rings is 3. The second kappa shape index (κ2) is 10.5. The van der Waals surface area contributed by atoms with Gasteiger partial charge in [-0.25, -0.2) is 27.5 Å². The minimum atomic E-state index is -4.99. The van der Waals surface area contributed by atoms with Gasteiger partial charge in [-0.15, -0.1) is 0 Å². The topological polar surface area (TPSA) is 72.0 Å². The van der Waals surface area contributed by atoms with Crippen LogP contribution in [0, 0.1) is 5.82 Å². The third-order valence-electron chi connectivity index (χ3n) is 5.63. The first-order chi connectivity index (χ1) is 18.8. The van der Waals surface area contributed by atoms with Gasteiger partial charge in [0.25, 0.3) is 0 Å². The molecule has 0 saturated carbocycles. The molecule has 0 atom stereocenters. The second-order valence-corrected chi connectivity index (χ2v) is 11.8. The monoisotopic (exact) mass is 597 g/mol. The zero-order valence-electron chi connectivity index (χ0n) is 21.7. The average molecular weight is 598 g/mol. The van der Waals surface area contributed by atoms with Crippen LogP contribution in [0.25, 0.3) is 33.8 Å². The fourth-order valence-corrected chi connectivity index (χ4v) is 5.38. The van der Waals surface area contributed by atoms with E-state index in [0.29, 0.717) is 29.3 Å². The van der Waals surface area contributed by atoms with Gasteiger partial charge in [-0.05, 0) is 68.3 Å². The van der Waals surface area contributed by atoms with Crippen LogP contribution in [0.2, 0.25) is 0 Å². The molecule has 0 bridgehead atoms. The van der Waals surface area contributed by atoms with Crippen molar-refractivity contribution in [2.45, 2.75) is 43.6 Å². The standard InChI is InChI=1S/C28H22F7N3O2S/c1-26(2,3)38-41(39,40)20-9-5-7-17(13-20)16-6-4-8-19(12-16)25-36-23(15-24(37-25)28(33,34)35)18-10-11-21(22(29)14-18)27(30,31)32/h4-15,38H,1-3H3. The van der Waals surface area contributed by atoms with Crippen molar-refractivity contribution in [2.24, 2.45) is 0 Å². The molecule has 4 aromatic rings. The molecule has 3 aromatic carbocycles. The smallest absolute Gasteiger partial charge is 0.228 e. The molecule has 216 valence electrons. The maximum absolute atomic E-state index is 14.2. The molecule has 0 aliphatic heterocycles. The van der Waals surface area contributed by atoms with Crippen molar-refractivity contribution >= 4 is 10.0 Å². The zero-order valence-corrected chi connectivity index (χ0v) is 22.5. The molecule has 1 aromatic heterocycles. The lowest BCUT2D eigenvalue weighted by Gasteiger charge is -2.20. The van der Waals surface area contributed by atoms with E-state index >= 15 is 0 Å². The van der Waals surface area contributed by atoms with Crippen molar-refractivity contribution in [1.82, 2.24) is 14.7 Å². The Morgan fingerprint density at radius 3 is 1.88 bits per heavy atom. The molecule has 0 radical (unpaired) electrons. The van der Waals surface area contributed by atoms with Gasteiger partial charge in [-0.3, -0.25) is 0 Å². The lowest BCUT2D eigenvalue weighted by molar-refractivity contribution is -0.141. The van der Waals surface area contributed by atoms with Crippen LogP contribution in [0.1, 0.15) is 32.0 Å². The van der Waals surface area contributed by atoms with E-state index < -0.39 is 56.5 Å². The fraction of sp³-hybridized carbons (Fsp3) is 0.214. The largest absolute Gasteiger partial charge is 0.433 e. The predicted octanol–water partition coefficient (Wildman–Crippen LogP) is 7.73. The van der Waals surface area contributed by atoms with E-state index in [1.165, 1.54) is 36.4 Å². The maximum atomic E-state index is 14.2. The molecule has 0 saturated heterocycles. The summed E-state index contributed by atoms with van der Waals surface area (Å²) in [7, 11) is -3.89. The molecule has 5 nitrogen and oxygen atoms in total. The molecule has 0 aliphatic rings. The van der Waals surface area contributed by atoms with Crippen LogP contribution >= 0.6 is 0 Å². The number of nitrogens with one attached hydrogen (secondary N) is 1. The molecule has 1 N–H and O–H groups in total. The summed E-state index contributed by atoms with van der Waals surface area (Å²) in [5.41, 5.74) is -3.50. The van der Waals surface area contributed by atoms with Gasteiger partial charge in [-0.1, -0.05) is 36.4 Å². The Kier molecular flexibility index (Phi) is 7.74. The van der Waals surface area contributed by atoms with E-state index in [1.54, 1.807) is 32.9 Å². The molecule has 0 aliphatic carbocycles. The van der Waals surface area contributed by atoms with E-state index in [9.17, 15) is 39.2 Å². The zero-order chi connectivity index (χ0) is 30.4. The minimum absolute atomic E-state index is 0.0303. The summed E-state index contributed by atoms with van der Waals surface area (Å²) in [6.07, 6.45) is -9.94. The molecular weight excluding hydrogens is 575 g/mol. The predicted molar refractivity (Wildman–Crippen MR) is 138 cm³/mol. The summed E-state index contributed by atoms with van der Waals surface area (Å²) in [5.74, 6) is -2.09. The number of rotatable bonds is 5. The van der Waals surface area contributed by atoms with E-state index in [4.69, 9.17) is 0 Å². The minimum Gasteiger partial charge on any atom is -0.228 e. The van der Waals surface area contributed by atoms with Gasteiger partial charge in [0.05, 0.1) is 16.2 Å². The Hall–Kier alpha value is -3.84. The van der Waals surface area contributed by atoms with E-state index in [2.05, 4.69) is 14.7 Å². The van der Waals surface area contributed by atoms with Crippen molar-refractivity contribution in [2.75, 3.05) is 0 Å². The third-order valence-corrected chi connectivity index (χ3v) is 7.38. The maximum Gasteiger partial charge on any atom is 0.433 e. The van der Waals surface area contributed by atoms with Crippen LogP contribution in [0.3, 0.4) is 0 Å². The lowest BCUT2D eigenvalue weighted by atomic mass is 10.0. The van der Waals surface area contributed by atoms with Gasteiger partial charge < -0.3 is 0 Å². The summed E-state index contributed by atoms with van der Waals surface area (Å²) < 4.78 is 122. The number of aromatic nitrogens is 2. The van der Waals surface area contributed by atoms with Crippen molar-refractivity contribution in [1.29, 1.82) is 0 Å². The molecular formula is C28H22F7N3O2S. The second-order valence-electron chi connectivity index (χ2n) is 10.1. The van der Waals surface area contributed by atoms with Crippen molar-refractivity contribution < 1.29 is 39.2 Å². The first-order valence-corrected chi connectivity index (χ1v) is 13.4. The van der Waals surface area contributed by atoms with Crippen LogP contribution in [0.15, 0.2) is 77.7 Å². The number of alkyl halides is 6. The summed E-state index contributed by atoms with van der Waals surface area (Å²) in [5, 5.41) is 0. The number of hydrogen-bond acceptors (Lipinski definition) is 4. The quantitative estimate of drug-likeness (QED) is 0.239. The van der Waals surface area contributed by atoms with Gasteiger partial charge in [0.1, 0.15) is 11.5 Å². The van der Waals surface area contributed by atoms with E-state index in [0.717, 1.165) is 6.07 Å². The SMILES string of the molecule is CC(C)(C)NS(=O)(=O)c1cccc(-c2cccc(-c3nc(-c4ccc(C(F)(F)F)c(F)c4)cc(C(F)(F)F)n3)c2)c1. The van der Waals surface area contributed by atoms with Crippen molar-refractivity contribution in [3.05, 3.63) is 89.9 Å².